The summed E-state index contributed by atoms with van der Waals surface area (Å²) < 4.78 is 43.4. The lowest BCUT2D eigenvalue weighted by molar-refractivity contribution is -0.137. The molecular formula is C14H14F3N3OS. The van der Waals surface area contributed by atoms with Crippen LogP contribution in [0.15, 0.2) is 40.4 Å². The summed E-state index contributed by atoms with van der Waals surface area (Å²) in [6.07, 6.45) is -2.88. The molecule has 0 amide bonds. The number of nitrogens with zero attached hydrogens (tertiary/aromatic N) is 3. The normalized spacial score (nSPS) is 11.4. The molecule has 1 aromatic heterocycles. The number of ether oxygens (including phenoxy) is 1. The molecule has 0 saturated carbocycles. The van der Waals surface area contributed by atoms with Crippen molar-refractivity contribution >= 4 is 17.7 Å². The fourth-order valence-electron chi connectivity index (χ4n) is 1.62. The monoisotopic (exact) mass is 329 g/mol. The van der Waals surface area contributed by atoms with Gasteiger partial charge < -0.3 is 9.64 Å². The molecule has 0 aliphatic heterocycles. The maximum absolute atomic E-state index is 12.8. The Balaban J connectivity index is 2.36. The third kappa shape index (κ3) is 3.82. The van der Waals surface area contributed by atoms with Gasteiger partial charge in [-0.15, -0.1) is 0 Å². The summed E-state index contributed by atoms with van der Waals surface area (Å²) >= 11 is 1.10. The minimum absolute atomic E-state index is 0.410. The Kier molecular flexibility index (Phi) is 4.80. The summed E-state index contributed by atoms with van der Waals surface area (Å²) in [6, 6.07) is 5.08. The average molecular weight is 329 g/mol. The highest BCUT2D eigenvalue weighted by atomic mass is 32.2. The molecule has 0 radical (unpaired) electrons. The highest BCUT2D eigenvalue weighted by Gasteiger charge is 2.30. The van der Waals surface area contributed by atoms with Gasteiger partial charge in [0.1, 0.15) is 5.03 Å². The summed E-state index contributed by atoms with van der Waals surface area (Å²) in [4.78, 5) is 10.5. The number of aromatic nitrogens is 2. The Hall–Kier alpha value is -1.96. The second-order valence-electron chi connectivity index (χ2n) is 4.57. The van der Waals surface area contributed by atoms with Crippen molar-refractivity contribution in [2.75, 3.05) is 26.1 Å². The van der Waals surface area contributed by atoms with E-state index in [1.165, 1.54) is 19.4 Å². The fourth-order valence-corrected chi connectivity index (χ4v) is 2.54. The standard InChI is InChI=1S/C14H14F3N3OS/c1-20(2)13-18-8-11(21-3)12(19-13)22-10-6-4-5-9(7-10)14(15,16)17/h4-8H,1-3H3. The lowest BCUT2D eigenvalue weighted by Crippen LogP contribution is -2.13. The van der Waals surface area contributed by atoms with Crippen LogP contribution in [0.2, 0.25) is 0 Å². The Morgan fingerprint density at radius 1 is 1.23 bits per heavy atom. The average Bonchev–Trinajstić information content (AvgIpc) is 2.46. The van der Waals surface area contributed by atoms with Crippen LogP contribution in [0.5, 0.6) is 5.75 Å². The predicted molar refractivity (Wildman–Crippen MR) is 78.5 cm³/mol. The van der Waals surface area contributed by atoms with Gasteiger partial charge in [0.15, 0.2) is 5.75 Å². The first-order chi connectivity index (χ1) is 10.3. The van der Waals surface area contributed by atoms with Crippen molar-refractivity contribution in [2.45, 2.75) is 16.1 Å². The Bertz CT molecular complexity index is 662. The second kappa shape index (κ2) is 6.43. The van der Waals surface area contributed by atoms with Crippen molar-refractivity contribution in [1.82, 2.24) is 9.97 Å². The molecule has 0 aliphatic rings. The van der Waals surface area contributed by atoms with Crippen LogP contribution in [-0.2, 0) is 6.18 Å². The van der Waals surface area contributed by atoms with Crippen LogP contribution in [0.4, 0.5) is 19.1 Å². The number of anilines is 1. The van der Waals surface area contributed by atoms with E-state index in [0.717, 1.165) is 23.9 Å². The van der Waals surface area contributed by atoms with Gasteiger partial charge in [-0.3, -0.25) is 0 Å². The maximum Gasteiger partial charge on any atom is 0.416 e. The van der Waals surface area contributed by atoms with E-state index in [4.69, 9.17) is 4.74 Å². The van der Waals surface area contributed by atoms with Crippen LogP contribution < -0.4 is 9.64 Å². The van der Waals surface area contributed by atoms with Gasteiger partial charge >= 0.3 is 6.18 Å². The predicted octanol–water partition coefficient (Wildman–Crippen LogP) is 3.72. The number of alkyl halides is 3. The molecular weight excluding hydrogens is 315 g/mol. The molecule has 0 saturated heterocycles. The van der Waals surface area contributed by atoms with Crippen molar-refractivity contribution in [3.8, 4) is 5.75 Å². The zero-order chi connectivity index (χ0) is 16.3. The molecule has 0 bridgehead atoms. The van der Waals surface area contributed by atoms with Gasteiger partial charge in [-0.25, -0.2) is 9.97 Å². The molecule has 0 spiro atoms. The van der Waals surface area contributed by atoms with Gasteiger partial charge in [-0.05, 0) is 18.2 Å². The number of benzene rings is 1. The van der Waals surface area contributed by atoms with Crippen LogP contribution >= 0.6 is 11.8 Å². The molecule has 2 rings (SSSR count). The molecule has 0 atom stereocenters. The summed E-state index contributed by atoms with van der Waals surface area (Å²) in [5.74, 6) is 0.864. The molecule has 0 unspecified atom stereocenters. The highest BCUT2D eigenvalue weighted by Crippen LogP contribution is 2.37. The van der Waals surface area contributed by atoms with Gasteiger partial charge in [-0.2, -0.15) is 13.2 Å². The quantitative estimate of drug-likeness (QED) is 0.799. The maximum atomic E-state index is 12.8. The summed E-state index contributed by atoms with van der Waals surface area (Å²) in [6.45, 7) is 0. The van der Waals surface area contributed by atoms with Crippen molar-refractivity contribution in [3.63, 3.8) is 0 Å². The van der Waals surface area contributed by atoms with Crippen LogP contribution in [0, 0.1) is 0 Å². The van der Waals surface area contributed by atoms with Crippen LogP contribution in [0.3, 0.4) is 0 Å². The van der Waals surface area contributed by atoms with Gasteiger partial charge in [0.2, 0.25) is 5.95 Å². The van der Waals surface area contributed by atoms with Crippen molar-refractivity contribution in [3.05, 3.63) is 36.0 Å². The zero-order valence-electron chi connectivity index (χ0n) is 12.2. The van der Waals surface area contributed by atoms with Gasteiger partial charge in [0, 0.05) is 19.0 Å². The molecule has 0 aliphatic carbocycles. The second-order valence-corrected chi connectivity index (χ2v) is 5.63. The van der Waals surface area contributed by atoms with Crippen LogP contribution in [0.25, 0.3) is 0 Å². The van der Waals surface area contributed by atoms with E-state index in [1.54, 1.807) is 25.1 Å². The SMILES string of the molecule is COc1cnc(N(C)C)nc1Sc1cccc(C(F)(F)F)c1. The third-order valence-corrected chi connectivity index (χ3v) is 3.68. The number of rotatable bonds is 4. The third-order valence-electron chi connectivity index (χ3n) is 2.71. The smallest absolute Gasteiger partial charge is 0.416 e. The van der Waals surface area contributed by atoms with Gasteiger partial charge in [0.05, 0.1) is 18.9 Å². The Labute approximate surface area is 130 Å². The van der Waals surface area contributed by atoms with Gasteiger partial charge in [-0.1, -0.05) is 17.8 Å². The highest BCUT2D eigenvalue weighted by molar-refractivity contribution is 7.99. The first-order valence-corrected chi connectivity index (χ1v) is 7.06. The summed E-state index contributed by atoms with van der Waals surface area (Å²) in [5, 5.41) is 0.459. The Morgan fingerprint density at radius 2 is 1.95 bits per heavy atom. The van der Waals surface area contributed by atoms with Crippen molar-refractivity contribution in [1.29, 1.82) is 0 Å². The largest absolute Gasteiger partial charge is 0.492 e. The van der Waals surface area contributed by atoms with Crippen LogP contribution in [-0.4, -0.2) is 31.2 Å². The van der Waals surface area contributed by atoms with Crippen LogP contribution in [0.1, 0.15) is 5.56 Å². The van der Waals surface area contributed by atoms with Crippen molar-refractivity contribution in [2.24, 2.45) is 0 Å². The van der Waals surface area contributed by atoms with E-state index < -0.39 is 11.7 Å². The summed E-state index contributed by atoms with van der Waals surface area (Å²) in [7, 11) is 5.02. The number of hydrogen-bond acceptors (Lipinski definition) is 5. The first kappa shape index (κ1) is 16.4. The minimum Gasteiger partial charge on any atom is -0.492 e. The fraction of sp³-hybridized carbons (Fsp3) is 0.286. The molecule has 8 heteroatoms. The molecule has 1 aromatic carbocycles. The van der Waals surface area contributed by atoms with Crippen molar-refractivity contribution < 1.29 is 17.9 Å². The molecule has 22 heavy (non-hydrogen) atoms. The van der Waals surface area contributed by atoms with E-state index >= 15 is 0 Å². The molecule has 118 valence electrons. The van der Waals surface area contributed by atoms with Gasteiger partial charge in [0.25, 0.3) is 0 Å². The first-order valence-electron chi connectivity index (χ1n) is 6.24. The molecule has 4 nitrogen and oxygen atoms in total. The lowest BCUT2D eigenvalue weighted by atomic mass is 10.2. The van der Waals surface area contributed by atoms with E-state index in [2.05, 4.69) is 9.97 Å². The summed E-state index contributed by atoms with van der Waals surface area (Å²) in [5.41, 5.74) is -0.696. The van der Waals surface area contributed by atoms with E-state index in [1.807, 2.05) is 0 Å². The Morgan fingerprint density at radius 3 is 2.55 bits per heavy atom. The number of hydrogen-bond donors (Lipinski definition) is 0. The minimum atomic E-state index is -4.37. The molecule has 1 heterocycles. The molecule has 2 aromatic rings. The topological polar surface area (TPSA) is 38.2 Å². The van der Waals surface area contributed by atoms with E-state index in [0.29, 0.717) is 21.6 Å². The molecule has 0 fully saturated rings. The zero-order valence-corrected chi connectivity index (χ0v) is 13.0. The van der Waals surface area contributed by atoms with E-state index in [-0.39, 0.29) is 0 Å². The molecule has 0 N–H and O–H groups in total. The van der Waals surface area contributed by atoms with E-state index in [9.17, 15) is 13.2 Å². The number of halogens is 3. The lowest BCUT2D eigenvalue weighted by Gasteiger charge is -2.13. The number of methoxy groups -OCH3 is 1.